The van der Waals surface area contributed by atoms with Crippen molar-refractivity contribution in [2.24, 2.45) is 0 Å². The van der Waals surface area contributed by atoms with Gasteiger partial charge in [-0.15, -0.1) is 0 Å². The third-order valence-electron chi connectivity index (χ3n) is 2.69. The molecule has 1 aromatic rings. The number of benzene rings is 1. The van der Waals surface area contributed by atoms with Crippen LogP contribution in [0.4, 0.5) is 11.4 Å². The van der Waals surface area contributed by atoms with E-state index in [1.165, 1.54) is 17.7 Å². The Morgan fingerprint density at radius 2 is 2.36 bits per heavy atom. The minimum absolute atomic E-state index is 0.780. The molecule has 1 aliphatic heterocycles. The lowest BCUT2D eigenvalue weighted by Crippen LogP contribution is -2.20. The van der Waals surface area contributed by atoms with Crippen molar-refractivity contribution in [3.63, 3.8) is 0 Å². The molecule has 0 amide bonds. The molecule has 2 rings (SSSR count). The smallest absolute Gasteiger partial charge is 0.0606 e. The van der Waals surface area contributed by atoms with E-state index in [2.05, 4.69) is 23.4 Å². The van der Waals surface area contributed by atoms with Gasteiger partial charge in [-0.05, 0) is 36.6 Å². The molecule has 0 atom stereocenters. The van der Waals surface area contributed by atoms with E-state index in [1.807, 2.05) is 12.1 Å². The Morgan fingerprint density at radius 3 is 3.07 bits per heavy atom. The summed E-state index contributed by atoms with van der Waals surface area (Å²) in [6, 6.07) is 6.01. The van der Waals surface area contributed by atoms with Gasteiger partial charge in [-0.2, -0.15) is 0 Å². The summed E-state index contributed by atoms with van der Waals surface area (Å²) in [6.07, 6.45) is 2.27. The number of hydrogen-bond acceptors (Lipinski definition) is 3. The number of anilines is 2. The van der Waals surface area contributed by atoms with Crippen LogP contribution in [0.2, 0.25) is 0 Å². The monoisotopic (exact) mass is 192 g/mol. The van der Waals surface area contributed by atoms with Gasteiger partial charge in [0.1, 0.15) is 0 Å². The lowest BCUT2D eigenvalue weighted by Gasteiger charge is -2.18. The van der Waals surface area contributed by atoms with E-state index < -0.39 is 0 Å². The second-order valence-corrected chi connectivity index (χ2v) is 3.69. The van der Waals surface area contributed by atoms with Crippen LogP contribution in [0.5, 0.6) is 0 Å². The Labute approximate surface area is 84.3 Å². The van der Waals surface area contributed by atoms with Crippen LogP contribution in [-0.2, 0) is 6.42 Å². The van der Waals surface area contributed by atoms with E-state index in [1.54, 1.807) is 0 Å². The number of rotatable bonds is 3. The minimum Gasteiger partial charge on any atom is -0.371 e. The zero-order valence-corrected chi connectivity index (χ0v) is 8.45. The summed E-state index contributed by atoms with van der Waals surface area (Å²) in [5, 5.41) is 8.77. The van der Waals surface area contributed by atoms with E-state index in [4.69, 9.17) is 5.21 Å². The molecule has 2 N–H and O–H groups in total. The van der Waals surface area contributed by atoms with Gasteiger partial charge in [0.15, 0.2) is 0 Å². The number of nitrogens with zero attached hydrogens (tertiary/aromatic N) is 1. The van der Waals surface area contributed by atoms with Gasteiger partial charge < -0.3 is 4.90 Å². The minimum atomic E-state index is 0.780. The van der Waals surface area contributed by atoms with Crippen molar-refractivity contribution >= 4 is 11.4 Å². The highest BCUT2D eigenvalue weighted by atomic mass is 16.5. The predicted octanol–water partition coefficient (Wildman–Crippen LogP) is 2.26. The van der Waals surface area contributed by atoms with Crippen molar-refractivity contribution in [2.75, 3.05) is 23.5 Å². The van der Waals surface area contributed by atoms with Crippen molar-refractivity contribution in [1.82, 2.24) is 0 Å². The zero-order valence-electron chi connectivity index (χ0n) is 8.45. The molecule has 0 radical (unpaired) electrons. The number of fused-ring (bicyclic) bond motifs is 1. The van der Waals surface area contributed by atoms with Gasteiger partial charge in [0, 0.05) is 18.8 Å². The highest BCUT2D eigenvalue weighted by Gasteiger charge is 2.17. The van der Waals surface area contributed by atoms with Gasteiger partial charge in [0.05, 0.1) is 5.69 Å². The first kappa shape index (κ1) is 9.34. The van der Waals surface area contributed by atoms with Gasteiger partial charge in [0.25, 0.3) is 0 Å². The molecule has 0 bridgehead atoms. The standard InChI is InChI=1S/C11H16N2O/c1-2-6-13-7-5-9-8-10(12-14)3-4-11(9)13/h3-4,8,12,14H,2,5-7H2,1H3. The van der Waals surface area contributed by atoms with E-state index in [0.717, 1.165) is 25.2 Å². The molecule has 3 nitrogen and oxygen atoms in total. The second kappa shape index (κ2) is 3.88. The first-order valence-electron chi connectivity index (χ1n) is 5.13. The molecule has 1 heterocycles. The average Bonchev–Trinajstić information content (AvgIpc) is 2.61. The van der Waals surface area contributed by atoms with Crippen molar-refractivity contribution in [2.45, 2.75) is 19.8 Å². The molecule has 0 aliphatic carbocycles. The fourth-order valence-corrected chi connectivity index (χ4v) is 2.04. The highest BCUT2D eigenvalue weighted by Crippen LogP contribution is 2.30. The SMILES string of the molecule is CCCN1CCc2cc(NO)ccc21. The van der Waals surface area contributed by atoms with Crippen LogP contribution >= 0.6 is 0 Å². The van der Waals surface area contributed by atoms with Gasteiger partial charge in [-0.3, -0.25) is 10.7 Å². The Balaban J connectivity index is 2.24. The van der Waals surface area contributed by atoms with Gasteiger partial charge in [-0.25, -0.2) is 0 Å². The molecular formula is C11H16N2O. The highest BCUT2D eigenvalue weighted by molar-refractivity contribution is 5.63. The summed E-state index contributed by atoms with van der Waals surface area (Å²) in [7, 11) is 0. The van der Waals surface area contributed by atoms with Gasteiger partial charge >= 0.3 is 0 Å². The molecule has 0 spiro atoms. The van der Waals surface area contributed by atoms with Crippen molar-refractivity contribution in [3.05, 3.63) is 23.8 Å². The third-order valence-corrected chi connectivity index (χ3v) is 2.69. The lowest BCUT2D eigenvalue weighted by atomic mass is 10.1. The van der Waals surface area contributed by atoms with Gasteiger partial charge in [-0.1, -0.05) is 6.92 Å². The Morgan fingerprint density at radius 1 is 1.50 bits per heavy atom. The van der Waals surface area contributed by atoms with Crippen LogP contribution in [0.15, 0.2) is 18.2 Å². The number of hydrogen-bond donors (Lipinski definition) is 2. The summed E-state index contributed by atoms with van der Waals surface area (Å²) in [5.74, 6) is 0. The molecule has 1 aromatic carbocycles. The van der Waals surface area contributed by atoms with Crippen LogP contribution in [0.1, 0.15) is 18.9 Å². The van der Waals surface area contributed by atoms with E-state index in [0.29, 0.717) is 0 Å². The fourth-order valence-electron chi connectivity index (χ4n) is 2.04. The van der Waals surface area contributed by atoms with E-state index >= 15 is 0 Å². The van der Waals surface area contributed by atoms with Crippen LogP contribution in [0.3, 0.4) is 0 Å². The molecule has 0 unspecified atom stereocenters. The maximum atomic E-state index is 8.77. The lowest BCUT2D eigenvalue weighted by molar-refractivity contribution is 0.389. The molecule has 3 heteroatoms. The maximum Gasteiger partial charge on any atom is 0.0606 e. The van der Waals surface area contributed by atoms with Crippen LogP contribution < -0.4 is 10.4 Å². The topological polar surface area (TPSA) is 35.5 Å². The van der Waals surface area contributed by atoms with Gasteiger partial charge in [0.2, 0.25) is 0 Å². The van der Waals surface area contributed by atoms with Crippen molar-refractivity contribution < 1.29 is 5.21 Å². The quantitative estimate of drug-likeness (QED) is 0.721. The van der Waals surface area contributed by atoms with Crippen LogP contribution in [0, 0.1) is 0 Å². The third kappa shape index (κ3) is 1.55. The van der Waals surface area contributed by atoms with E-state index in [9.17, 15) is 0 Å². The molecule has 0 aromatic heterocycles. The Kier molecular flexibility index (Phi) is 2.59. The molecular weight excluding hydrogens is 176 g/mol. The predicted molar refractivity (Wildman–Crippen MR) is 58.1 cm³/mol. The Bertz CT molecular complexity index is 325. The summed E-state index contributed by atoms with van der Waals surface area (Å²) < 4.78 is 0. The van der Waals surface area contributed by atoms with Crippen LogP contribution in [0.25, 0.3) is 0 Å². The fraction of sp³-hybridized carbons (Fsp3) is 0.455. The first-order valence-corrected chi connectivity index (χ1v) is 5.13. The maximum absolute atomic E-state index is 8.77. The number of nitrogens with one attached hydrogen (secondary N) is 1. The first-order chi connectivity index (χ1) is 6.85. The molecule has 14 heavy (non-hydrogen) atoms. The molecule has 0 fully saturated rings. The normalized spacial score (nSPS) is 14.3. The second-order valence-electron chi connectivity index (χ2n) is 3.69. The summed E-state index contributed by atoms with van der Waals surface area (Å²) in [6.45, 7) is 4.43. The summed E-state index contributed by atoms with van der Waals surface area (Å²) in [4.78, 5) is 2.40. The Hall–Kier alpha value is -1.22. The van der Waals surface area contributed by atoms with Crippen LogP contribution in [-0.4, -0.2) is 18.3 Å². The largest absolute Gasteiger partial charge is 0.371 e. The van der Waals surface area contributed by atoms with Crippen molar-refractivity contribution in [3.8, 4) is 0 Å². The summed E-state index contributed by atoms with van der Waals surface area (Å²) >= 11 is 0. The molecule has 0 saturated carbocycles. The summed E-state index contributed by atoms with van der Waals surface area (Å²) in [5.41, 5.74) is 5.62. The molecule has 76 valence electrons. The average molecular weight is 192 g/mol. The molecule has 1 aliphatic rings. The zero-order chi connectivity index (χ0) is 9.97. The molecule has 0 saturated heterocycles. The van der Waals surface area contributed by atoms with Crippen molar-refractivity contribution in [1.29, 1.82) is 0 Å². The van der Waals surface area contributed by atoms with E-state index in [-0.39, 0.29) is 0 Å².